The molecule has 3 nitrogen and oxygen atoms in total. The summed E-state index contributed by atoms with van der Waals surface area (Å²) in [7, 11) is 0. The van der Waals surface area contributed by atoms with Crippen LogP contribution in [0.3, 0.4) is 0 Å². The van der Waals surface area contributed by atoms with Crippen molar-refractivity contribution in [2.75, 3.05) is 13.2 Å². The molecule has 0 unspecified atom stereocenters. The van der Waals surface area contributed by atoms with Crippen LogP contribution in [0.15, 0.2) is 54.6 Å². The van der Waals surface area contributed by atoms with Crippen LogP contribution < -0.4 is 0 Å². The third kappa shape index (κ3) is 4.89. The fourth-order valence-corrected chi connectivity index (χ4v) is 1.80. The quantitative estimate of drug-likeness (QED) is 0.502. The summed E-state index contributed by atoms with van der Waals surface area (Å²) >= 11 is 0. The van der Waals surface area contributed by atoms with Crippen LogP contribution in [0.25, 0.3) is 12.2 Å². The molecule has 0 bridgehead atoms. The number of aliphatic hydroxyl groups excluding tert-OH is 1. The van der Waals surface area contributed by atoms with Gasteiger partial charge in [0.2, 0.25) is 0 Å². The molecule has 0 amide bonds. The summed E-state index contributed by atoms with van der Waals surface area (Å²) in [6.07, 6.45) is 4.48. The van der Waals surface area contributed by atoms with Gasteiger partial charge in [-0.3, -0.25) is 0 Å². The minimum atomic E-state index is -0.359. The maximum atomic E-state index is 11.7. The zero-order valence-electron chi connectivity index (χ0n) is 11.7. The Hall–Kier alpha value is -2.39. The van der Waals surface area contributed by atoms with Gasteiger partial charge in [0.05, 0.1) is 12.2 Å². The van der Waals surface area contributed by atoms with Gasteiger partial charge in [0, 0.05) is 13.0 Å². The zero-order chi connectivity index (χ0) is 14.9. The Balaban J connectivity index is 1.96. The average Bonchev–Trinajstić information content (AvgIpc) is 2.54. The molecule has 0 saturated carbocycles. The van der Waals surface area contributed by atoms with Crippen molar-refractivity contribution < 1.29 is 14.6 Å². The highest BCUT2D eigenvalue weighted by atomic mass is 16.5. The number of esters is 1. The molecule has 0 aromatic heterocycles. The predicted octanol–water partition coefficient (Wildman–Crippen LogP) is 3.40. The number of hydrogen-bond acceptors (Lipinski definition) is 3. The van der Waals surface area contributed by atoms with Crippen LogP contribution in [0.2, 0.25) is 0 Å². The predicted molar refractivity (Wildman–Crippen MR) is 83.8 cm³/mol. The number of benzene rings is 2. The topological polar surface area (TPSA) is 46.5 Å². The summed E-state index contributed by atoms with van der Waals surface area (Å²) in [5.74, 6) is -0.359. The van der Waals surface area contributed by atoms with Crippen molar-refractivity contribution in [3.05, 3.63) is 71.3 Å². The second kappa shape index (κ2) is 8.02. The van der Waals surface area contributed by atoms with Gasteiger partial charge >= 0.3 is 5.97 Å². The van der Waals surface area contributed by atoms with E-state index in [-0.39, 0.29) is 19.2 Å². The molecular formula is C18H18O3. The number of hydrogen-bond donors (Lipinski definition) is 1. The maximum absolute atomic E-state index is 11.7. The Bertz CT molecular complexity index is 586. The monoisotopic (exact) mass is 282 g/mol. The molecule has 3 heteroatoms. The molecule has 0 saturated heterocycles. The fraction of sp³-hybridized carbons (Fsp3) is 0.167. The molecule has 21 heavy (non-hydrogen) atoms. The van der Waals surface area contributed by atoms with Gasteiger partial charge in [0.1, 0.15) is 0 Å². The summed E-state index contributed by atoms with van der Waals surface area (Å²) in [6, 6.07) is 17.3. The number of ether oxygens (including phenoxy) is 1. The van der Waals surface area contributed by atoms with E-state index in [0.717, 1.165) is 11.1 Å². The van der Waals surface area contributed by atoms with E-state index in [9.17, 15) is 4.79 Å². The summed E-state index contributed by atoms with van der Waals surface area (Å²) < 4.78 is 5.02. The molecule has 0 aliphatic heterocycles. The molecule has 0 aliphatic carbocycles. The molecule has 0 heterocycles. The zero-order valence-corrected chi connectivity index (χ0v) is 11.7. The number of rotatable bonds is 6. The third-order valence-electron chi connectivity index (χ3n) is 2.95. The normalized spacial score (nSPS) is 10.7. The van der Waals surface area contributed by atoms with E-state index in [0.29, 0.717) is 12.0 Å². The van der Waals surface area contributed by atoms with Gasteiger partial charge in [0.25, 0.3) is 0 Å². The average molecular weight is 282 g/mol. The lowest BCUT2D eigenvalue weighted by molar-refractivity contribution is 0.0482. The third-order valence-corrected chi connectivity index (χ3v) is 2.95. The number of carbonyl (C=O) groups is 1. The molecule has 2 aromatic carbocycles. The lowest BCUT2D eigenvalue weighted by Gasteiger charge is -2.03. The standard InChI is InChI=1S/C18H18O3/c19-13-4-14-21-18(20)17-11-9-16(10-12-17)8-7-15-5-2-1-3-6-15/h1-3,5-12,19H,4,13-14H2. The van der Waals surface area contributed by atoms with Crippen molar-refractivity contribution in [1.29, 1.82) is 0 Å². The minimum absolute atomic E-state index is 0.0243. The first kappa shape index (κ1) is 15.0. The summed E-state index contributed by atoms with van der Waals surface area (Å²) in [5, 5.41) is 8.64. The van der Waals surface area contributed by atoms with E-state index < -0.39 is 0 Å². The highest BCUT2D eigenvalue weighted by Crippen LogP contribution is 2.10. The minimum Gasteiger partial charge on any atom is -0.462 e. The molecular weight excluding hydrogens is 264 g/mol. The van der Waals surface area contributed by atoms with Gasteiger partial charge in [-0.2, -0.15) is 0 Å². The number of aliphatic hydroxyl groups is 1. The van der Waals surface area contributed by atoms with Crippen molar-refractivity contribution in [3.63, 3.8) is 0 Å². The van der Waals surface area contributed by atoms with E-state index in [2.05, 4.69) is 0 Å². The lowest BCUT2D eigenvalue weighted by atomic mass is 10.1. The lowest BCUT2D eigenvalue weighted by Crippen LogP contribution is -2.07. The van der Waals surface area contributed by atoms with E-state index in [1.807, 2.05) is 54.6 Å². The Morgan fingerprint density at radius 1 is 0.952 bits per heavy atom. The Labute approximate surface area is 124 Å². The van der Waals surface area contributed by atoms with Crippen LogP contribution in [0, 0.1) is 0 Å². The van der Waals surface area contributed by atoms with Crippen molar-refractivity contribution in [2.45, 2.75) is 6.42 Å². The van der Waals surface area contributed by atoms with Gasteiger partial charge < -0.3 is 9.84 Å². The molecule has 108 valence electrons. The summed E-state index contributed by atoms with van der Waals surface area (Å²) in [6.45, 7) is 0.265. The maximum Gasteiger partial charge on any atom is 0.338 e. The second-order valence-electron chi connectivity index (χ2n) is 4.58. The highest BCUT2D eigenvalue weighted by molar-refractivity contribution is 5.89. The van der Waals surface area contributed by atoms with Crippen LogP contribution in [0.1, 0.15) is 27.9 Å². The fourth-order valence-electron chi connectivity index (χ4n) is 1.80. The SMILES string of the molecule is O=C(OCCCO)c1ccc(C=Cc2ccccc2)cc1. The number of carbonyl (C=O) groups excluding carboxylic acids is 1. The Morgan fingerprint density at radius 2 is 1.57 bits per heavy atom. The Kier molecular flexibility index (Phi) is 5.73. The summed E-state index contributed by atoms with van der Waals surface area (Å²) in [5.41, 5.74) is 2.67. The van der Waals surface area contributed by atoms with Crippen LogP contribution in [0.4, 0.5) is 0 Å². The van der Waals surface area contributed by atoms with Crippen molar-refractivity contribution in [2.24, 2.45) is 0 Å². The van der Waals surface area contributed by atoms with Gasteiger partial charge in [-0.1, -0.05) is 54.6 Å². The van der Waals surface area contributed by atoms with E-state index in [1.54, 1.807) is 12.1 Å². The largest absolute Gasteiger partial charge is 0.462 e. The van der Waals surface area contributed by atoms with Crippen molar-refractivity contribution in [3.8, 4) is 0 Å². The van der Waals surface area contributed by atoms with Crippen LogP contribution >= 0.6 is 0 Å². The molecule has 2 rings (SSSR count). The molecule has 0 atom stereocenters. The van der Waals surface area contributed by atoms with Gasteiger partial charge in [-0.05, 0) is 23.3 Å². The smallest absolute Gasteiger partial charge is 0.338 e. The second-order valence-corrected chi connectivity index (χ2v) is 4.58. The first-order chi connectivity index (χ1) is 10.3. The van der Waals surface area contributed by atoms with Crippen molar-refractivity contribution in [1.82, 2.24) is 0 Å². The van der Waals surface area contributed by atoms with E-state index >= 15 is 0 Å². The van der Waals surface area contributed by atoms with Crippen LogP contribution in [-0.4, -0.2) is 24.3 Å². The van der Waals surface area contributed by atoms with Crippen molar-refractivity contribution >= 4 is 18.1 Å². The highest BCUT2D eigenvalue weighted by Gasteiger charge is 2.05. The molecule has 0 radical (unpaired) electrons. The molecule has 1 N–H and O–H groups in total. The first-order valence-corrected chi connectivity index (χ1v) is 6.91. The van der Waals surface area contributed by atoms with Gasteiger partial charge in [-0.25, -0.2) is 4.79 Å². The molecule has 0 aliphatic rings. The molecule has 0 fully saturated rings. The van der Waals surface area contributed by atoms with Gasteiger partial charge in [-0.15, -0.1) is 0 Å². The molecule has 0 spiro atoms. The molecule has 2 aromatic rings. The first-order valence-electron chi connectivity index (χ1n) is 6.91. The Morgan fingerprint density at radius 3 is 2.19 bits per heavy atom. The van der Waals surface area contributed by atoms with E-state index in [1.165, 1.54) is 0 Å². The van der Waals surface area contributed by atoms with Crippen LogP contribution in [0.5, 0.6) is 0 Å². The van der Waals surface area contributed by atoms with Gasteiger partial charge in [0.15, 0.2) is 0 Å². The summed E-state index contributed by atoms with van der Waals surface area (Å²) in [4.78, 5) is 11.7. The van der Waals surface area contributed by atoms with Crippen LogP contribution in [-0.2, 0) is 4.74 Å². The van der Waals surface area contributed by atoms with E-state index in [4.69, 9.17) is 9.84 Å².